The topological polar surface area (TPSA) is 75.7 Å². The lowest BCUT2D eigenvalue weighted by molar-refractivity contribution is 0.102. The minimum absolute atomic E-state index is 0.237. The SMILES string of the molecule is COc1cc2ccccc2cc1C(=O)Nc1ccc(S(=O)(=O)N2CCCC2)cc1. The van der Waals surface area contributed by atoms with Crippen LogP contribution >= 0.6 is 0 Å². The number of fused-ring (bicyclic) bond motifs is 1. The Morgan fingerprint density at radius 2 is 1.59 bits per heavy atom. The molecule has 0 aliphatic carbocycles. The summed E-state index contributed by atoms with van der Waals surface area (Å²) in [5.74, 6) is 0.164. The second-order valence-electron chi connectivity index (χ2n) is 6.99. The summed E-state index contributed by atoms with van der Waals surface area (Å²) in [4.78, 5) is 13.0. The molecule has 1 N–H and O–H groups in total. The number of anilines is 1. The molecule has 7 heteroatoms. The van der Waals surface area contributed by atoms with Crippen LogP contribution in [0.3, 0.4) is 0 Å². The van der Waals surface area contributed by atoms with Crippen molar-refractivity contribution in [3.63, 3.8) is 0 Å². The minimum Gasteiger partial charge on any atom is -0.496 e. The van der Waals surface area contributed by atoms with Crippen LogP contribution in [0.2, 0.25) is 0 Å². The second kappa shape index (κ2) is 7.85. The number of carbonyl (C=O) groups is 1. The molecule has 29 heavy (non-hydrogen) atoms. The number of hydrogen-bond donors (Lipinski definition) is 1. The first-order chi connectivity index (χ1) is 14.0. The molecule has 1 aliphatic rings. The van der Waals surface area contributed by atoms with Crippen molar-refractivity contribution < 1.29 is 17.9 Å². The summed E-state index contributed by atoms with van der Waals surface area (Å²) >= 11 is 0. The third-order valence-corrected chi connectivity index (χ3v) is 7.04. The monoisotopic (exact) mass is 410 g/mol. The van der Waals surface area contributed by atoms with E-state index in [9.17, 15) is 13.2 Å². The van der Waals surface area contributed by atoms with Gasteiger partial charge in [0.25, 0.3) is 5.91 Å². The normalized spacial score (nSPS) is 14.8. The van der Waals surface area contributed by atoms with Gasteiger partial charge in [-0.25, -0.2) is 8.42 Å². The third kappa shape index (κ3) is 3.83. The standard InChI is InChI=1S/C22H22N2O4S/c1-28-21-15-17-7-3-2-6-16(17)14-20(21)22(25)23-18-8-10-19(11-9-18)29(26,27)24-12-4-5-13-24/h2-3,6-11,14-15H,4-5,12-13H2,1H3,(H,23,25). The van der Waals surface area contributed by atoms with Crippen LogP contribution in [0.25, 0.3) is 10.8 Å². The van der Waals surface area contributed by atoms with Gasteiger partial charge in [0.1, 0.15) is 5.75 Å². The van der Waals surface area contributed by atoms with Crippen LogP contribution in [0.1, 0.15) is 23.2 Å². The van der Waals surface area contributed by atoms with Crippen molar-refractivity contribution in [1.29, 1.82) is 0 Å². The summed E-state index contributed by atoms with van der Waals surface area (Å²) in [6.45, 7) is 1.12. The fraction of sp³-hybridized carbons (Fsp3) is 0.227. The molecule has 1 fully saturated rings. The molecule has 3 aromatic rings. The maximum absolute atomic E-state index is 12.8. The number of methoxy groups -OCH3 is 1. The Balaban J connectivity index is 1.56. The van der Waals surface area contributed by atoms with Gasteiger partial charge in [-0.3, -0.25) is 4.79 Å². The summed E-state index contributed by atoms with van der Waals surface area (Å²) in [7, 11) is -1.94. The Kier molecular flexibility index (Phi) is 5.25. The van der Waals surface area contributed by atoms with E-state index in [1.807, 2.05) is 30.3 Å². The predicted octanol–water partition coefficient (Wildman–Crippen LogP) is 3.89. The van der Waals surface area contributed by atoms with E-state index in [4.69, 9.17) is 4.74 Å². The van der Waals surface area contributed by atoms with Gasteiger partial charge in [0, 0.05) is 18.8 Å². The van der Waals surface area contributed by atoms with E-state index in [1.54, 1.807) is 18.2 Å². The minimum atomic E-state index is -3.47. The molecule has 1 amide bonds. The zero-order valence-corrected chi connectivity index (χ0v) is 16.9. The molecule has 0 atom stereocenters. The quantitative estimate of drug-likeness (QED) is 0.693. The predicted molar refractivity (Wildman–Crippen MR) is 113 cm³/mol. The number of sulfonamides is 1. The van der Waals surface area contributed by atoms with Crippen molar-refractivity contribution in [1.82, 2.24) is 4.31 Å². The van der Waals surface area contributed by atoms with Crippen LogP contribution < -0.4 is 10.1 Å². The van der Waals surface area contributed by atoms with Crippen molar-refractivity contribution in [3.05, 3.63) is 66.2 Å². The van der Waals surface area contributed by atoms with E-state index < -0.39 is 10.0 Å². The van der Waals surface area contributed by atoms with Crippen molar-refractivity contribution in [2.24, 2.45) is 0 Å². The van der Waals surface area contributed by atoms with Gasteiger partial charge in [-0.1, -0.05) is 24.3 Å². The number of amides is 1. The molecule has 0 saturated carbocycles. The zero-order chi connectivity index (χ0) is 20.4. The number of nitrogens with one attached hydrogen (secondary N) is 1. The molecular weight excluding hydrogens is 388 g/mol. The maximum atomic E-state index is 12.8. The molecule has 0 radical (unpaired) electrons. The second-order valence-corrected chi connectivity index (χ2v) is 8.93. The Bertz CT molecular complexity index is 1150. The summed E-state index contributed by atoms with van der Waals surface area (Å²) in [6.07, 6.45) is 1.78. The van der Waals surface area contributed by atoms with Gasteiger partial charge in [0.15, 0.2) is 0 Å². The molecule has 0 unspecified atom stereocenters. The highest BCUT2D eigenvalue weighted by Gasteiger charge is 2.27. The van der Waals surface area contributed by atoms with E-state index in [-0.39, 0.29) is 10.8 Å². The molecule has 0 bridgehead atoms. The van der Waals surface area contributed by atoms with Gasteiger partial charge in [-0.05, 0) is 60.0 Å². The lowest BCUT2D eigenvalue weighted by atomic mass is 10.1. The number of benzene rings is 3. The lowest BCUT2D eigenvalue weighted by Crippen LogP contribution is -2.27. The number of rotatable bonds is 5. The maximum Gasteiger partial charge on any atom is 0.259 e. The molecule has 3 aromatic carbocycles. The lowest BCUT2D eigenvalue weighted by Gasteiger charge is -2.16. The zero-order valence-electron chi connectivity index (χ0n) is 16.1. The number of ether oxygens (including phenoxy) is 1. The highest BCUT2D eigenvalue weighted by Crippen LogP contribution is 2.27. The van der Waals surface area contributed by atoms with Crippen molar-refractivity contribution >= 4 is 32.4 Å². The Morgan fingerprint density at radius 1 is 0.966 bits per heavy atom. The smallest absolute Gasteiger partial charge is 0.259 e. The summed E-state index contributed by atoms with van der Waals surface area (Å²) < 4.78 is 32.1. The fourth-order valence-electron chi connectivity index (χ4n) is 3.55. The Hall–Kier alpha value is -2.90. The van der Waals surface area contributed by atoms with Crippen LogP contribution in [0, 0.1) is 0 Å². The molecule has 1 heterocycles. The van der Waals surface area contributed by atoms with Gasteiger partial charge >= 0.3 is 0 Å². The Labute approximate surface area is 170 Å². The fourth-order valence-corrected chi connectivity index (χ4v) is 5.07. The van der Waals surface area contributed by atoms with E-state index in [0.717, 1.165) is 23.6 Å². The highest BCUT2D eigenvalue weighted by atomic mass is 32.2. The molecule has 4 rings (SSSR count). The van der Waals surface area contributed by atoms with Gasteiger partial charge in [-0.15, -0.1) is 0 Å². The first kappa shape index (κ1) is 19.4. The van der Waals surface area contributed by atoms with E-state index in [1.165, 1.54) is 23.5 Å². The van der Waals surface area contributed by atoms with Crippen LogP contribution in [0.5, 0.6) is 5.75 Å². The van der Waals surface area contributed by atoms with Crippen molar-refractivity contribution in [3.8, 4) is 5.75 Å². The molecule has 0 aromatic heterocycles. The van der Waals surface area contributed by atoms with Gasteiger partial charge in [-0.2, -0.15) is 4.31 Å². The van der Waals surface area contributed by atoms with Crippen LogP contribution in [0.4, 0.5) is 5.69 Å². The van der Waals surface area contributed by atoms with Crippen LogP contribution in [0.15, 0.2) is 65.6 Å². The third-order valence-electron chi connectivity index (χ3n) is 5.13. The largest absolute Gasteiger partial charge is 0.496 e. The number of nitrogens with zero attached hydrogens (tertiary/aromatic N) is 1. The molecule has 1 aliphatic heterocycles. The van der Waals surface area contributed by atoms with Crippen molar-refractivity contribution in [2.75, 3.05) is 25.5 Å². The average Bonchev–Trinajstić information content (AvgIpc) is 3.29. The molecule has 1 saturated heterocycles. The molecule has 0 spiro atoms. The van der Waals surface area contributed by atoms with Crippen LogP contribution in [-0.2, 0) is 10.0 Å². The van der Waals surface area contributed by atoms with Crippen molar-refractivity contribution in [2.45, 2.75) is 17.7 Å². The summed E-state index contributed by atoms with van der Waals surface area (Å²) in [5.41, 5.74) is 0.936. The van der Waals surface area contributed by atoms with E-state index in [0.29, 0.717) is 30.1 Å². The number of carbonyl (C=O) groups excluding carboxylic acids is 1. The molecular formula is C22H22N2O4S. The van der Waals surface area contributed by atoms with Gasteiger partial charge in [0.05, 0.1) is 17.6 Å². The highest BCUT2D eigenvalue weighted by molar-refractivity contribution is 7.89. The summed E-state index contributed by atoms with van der Waals surface area (Å²) in [5, 5.41) is 4.74. The molecule has 150 valence electrons. The van der Waals surface area contributed by atoms with E-state index in [2.05, 4.69) is 5.32 Å². The number of hydrogen-bond acceptors (Lipinski definition) is 4. The summed E-state index contributed by atoms with van der Waals surface area (Å²) in [6, 6.07) is 17.6. The first-order valence-electron chi connectivity index (χ1n) is 9.47. The van der Waals surface area contributed by atoms with E-state index >= 15 is 0 Å². The van der Waals surface area contributed by atoms with Gasteiger partial charge < -0.3 is 10.1 Å². The van der Waals surface area contributed by atoms with Crippen LogP contribution in [-0.4, -0.2) is 38.8 Å². The Morgan fingerprint density at radius 3 is 2.21 bits per heavy atom. The first-order valence-corrected chi connectivity index (χ1v) is 10.9. The van der Waals surface area contributed by atoms with Gasteiger partial charge in [0.2, 0.25) is 10.0 Å². The molecule has 6 nitrogen and oxygen atoms in total. The average molecular weight is 410 g/mol.